The van der Waals surface area contributed by atoms with Crippen molar-refractivity contribution in [2.75, 3.05) is 26.2 Å². The molecule has 1 aliphatic rings. The summed E-state index contributed by atoms with van der Waals surface area (Å²) in [6.45, 7) is 0. The number of rotatable bonds is 7. The third-order valence-electron chi connectivity index (χ3n) is 6.37. The van der Waals surface area contributed by atoms with Crippen molar-refractivity contribution in [1.29, 1.82) is 0 Å². The van der Waals surface area contributed by atoms with Gasteiger partial charge in [0.15, 0.2) is 5.11 Å². The van der Waals surface area contributed by atoms with Gasteiger partial charge in [-0.2, -0.15) is 0 Å². The lowest BCUT2D eigenvalue weighted by Gasteiger charge is -2.30. The smallest absolute Gasteiger partial charge is 0.337 e. The zero-order valence-electron chi connectivity index (χ0n) is 20.6. The van der Waals surface area contributed by atoms with Crippen LogP contribution >= 0.6 is 12.2 Å². The Hall–Kier alpha value is -4.37. The molecule has 9 heteroatoms. The maximum Gasteiger partial charge on any atom is 0.337 e. The highest BCUT2D eigenvalue weighted by atomic mass is 32.1. The van der Waals surface area contributed by atoms with Crippen LogP contribution in [0.3, 0.4) is 0 Å². The van der Waals surface area contributed by atoms with Gasteiger partial charge in [-0.15, -0.1) is 0 Å². The third kappa shape index (κ3) is 4.49. The normalized spacial score (nSPS) is 16.8. The third-order valence-corrected chi connectivity index (χ3v) is 6.69. The van der Waals surface area contributed by atoms with Crippen LogP contribution in [0, 0.1) is 0 Å². The van der Waals surface area contributed by atoms with Crippen molar-refractivity contribution in [3.05, 3.63) is 102 Å². The van der Waals surface area contributed by atoms with Crippen molar-refractivity contribution in [1.82, 2.24) is 14.9 Å². The molecular weight excluding hydrogens is 488 g/mol. The van der Waals surface area contributed by atoms with Crippen molar-refractivity contribution in [3.8, 4) is 17.2 Å². The summed E-state index contributed by atoms with van der Waals surface area (Å²) in [6, 6.07) is 22.2. The van der Waals surface area contributed by atoms with Gasteiger partial charge < -0.3 is 29.0 Å². The molecule has 0 spiro atoms. The Kier molecular flexibility index (Phi) is 6.78. The van der Waals surface area contributed by atoms with Crippen LogP contribution in [-0.2, 0) is 4.74 Å². The Morgan fingerprint density at radius 2 is 1.84 bits per heavy atom. The highest BCUT2D eigenvalue weighted by Gasteiger charge is 2.43. The predicted octanol–water partition coefficient (Wildman–Crippen LogP) is 4.85. The molecule has 2 aromatic carbocycles. The first kappa shape index (κ1) is 24.3. The summed E-state index contributed by atoms with van der Waals surface area (Å²) >= 11 is 5.89. The van der Waals surface area contributed by atoms with Crippen molar-refractivity contribution in [2.45, 2.75) is 12.1 Å². The number of carbonyl (C=O) groups is 1. The molecule has 1 N–H and O–H groups in total. The molecule has 8 nitrogen and oxygen atoms in total. The summed E-state index contributed by atoms with van der Waals surface area (Å²) < 4.78 is 18.2. The minimum absolute atomic E-state index is 0.262. The molecule has 188 valence electrons. The summed E-state index contributed by atoms with van der Waals surface area (Å²) in [5.74, 6) is 0.940. The zero-order valence-corrected chi connectivity index (χ0v) is 21.4. The highest BCUT2D eigenvalue weighted by Crippen LogP contribution is 2.46. The second-order valence-electron chi connectivity index (χ2n) is 8.38. The van der Waals surface area contributed by atoms with Crippen LogP contribution in [0.4, 0.5) is 5.69 Å². The second kappa shape index (κ2) is 10.3. The van der Waals surface area contributed by atoms with Gasteiger partial charge in [-0.05, 0) is 66.8 Å². The van der Waals surface area contributed by atoms with Gasteiger partial charge in [0.05, 0.1) is 44.3 Å². The largest absolute Gasteiger partial charge is 0.497 e. The Morgan fingerprint density at radius 1 is 0.973 bits per heavy atom. The number of ether oxygens (including phenoxy) is 3. The van der Waals surface area contributed by atoms with E-state index < -0.39 is 5.97 Å². The summed E-state index contributed by atoms with van der Waals surface area (Å²) in [5.41, 5.74) is 3.83. The average Bonchev–Trinajstić information content (AvgIpc) is 3.57. The van der Waals surface area contributed by atoms with Crippen LogP contribution in [0.5, 0.6) is 11.5 Å². The minimum atomic E-state index is -0.395. The number of hydrogen-bond acceptors (Lipinski definition) is 6. The molecule has 3 heterocycles. The van der Waals surface area contributed by atoms with Gasteiger partial charge >= 0.3 is 5.97 Å². The van der Waals surface area contributed by atoms with E-state index in [1.54, 1.807) is 26.5 Å². The lowest BCUT2D eigenvalue weighted by molar-refractivity contribution is 0.0600. The molecule has 0 unspecified atom stereocenters. The monoisotopic (exact) mass is 514 g/mol. The number of nitrogens with zero attached hydrogens (tertiary/aromatic N) is 3. The Bertz CT molecular complexity index is 1440. The number of esters is 1. The molecule has 2 atom stereocenters. The number of thiocarbonyl (C=S) groups is 1. The predicted molar refractivity (Wildman–Crippen MR) is 145 cm³/mol. The van der Waals surface area contributed by atoms with E-state index in [1.807, 2.05) is 82.4 Å². The Balaban J connectivity index is 1.69. The molecule has 0 amide bonds. The number of nitrogens with one attached hydrogen (secondary N) is 1. The standard InChI is InChI=1S/C28H26N4O4S/c1-34-20-12-13-24(35-2)23(17-20)32-26(25(30-28(32)37)21-10-4-5-14-29-21)22-11-7-15-31(22)19-9-6-8-18(16-19)27(33)36-3/h4-17,25-26H,1-3H3,(H,30,37)/t25-,26-/m0/s1. The van der Waals surface area contributed by atoms with Crippen LogP contribution < -0.4 is 19.7 Å². The first-order chi connectivity index (χ1) is 18.0. The molecule has 37 heavy (non-hydrogen) atoms. The Labute approximate surface area is 220 Å². The van der Waals surface area contributed by atoms with Crippen molar-refractivity contribution in [2.24, 2.45) is 0 Å². The maximum atomic E-state index is 12.2. The van der Waals surface area contributed by atoms with Crippen molar-refractivity contribution >= 4 is 29.0 Å². The molecule has 4 aromatic rings. The molecule has 0 saturated carbocycles. The number of pyridine rings is 1. The van der Waals surface area contributed by atoms with E-state index >= 15 is 0 Å². The van der Waals surface area contributed by atoms with Gasteiger partial charge in [0.25, 0.3) is 0 Å². The van der Waals surface area contributed by atoms with E-state index in [9.17, 15) is 4.79 Å². The van der Waals surface area contributed by atoms with Gasteiger partial charge in [-0.1, -0.05) is 12.1 Å². The van der Waals surface area contributed by atoms with Crippen molar-refractivity contribution in [3.63, 3.8) is 0 Å². The second-order valence-corrected chi connectivity index (χ2v) is 8.77. The summed E-state index contributed by atoms with van der Waals surface area (Å²) in [7, 11) is 4.63. The first-order valence-corrected chi connectivity index (χ1v) is 12.0. The molecule has 0 bridgehead atoms. The molecule has 5 rings (SSSR count). The molecule has 0 radical (unpaired) electrons. The van der Waals surface area contributed by atoms with E-state index in [0.717, 1.165) is 22.8 Å². The molecule has 0 aliphatic carbocycles. The van der Waals surface area contributed by atoms with Crippen LogP contribution in [0.25, 0.3) is 5.69 Å². The number of hydrogen-bond donors (Lipinski definition) is 1. The fraction of sp³-hybridized carbons (Fsp3) is 0.179. The fourth-order valence-electron chi connectivity index (χ4n) is 4.67. The fourth-order valence-corrected chi connectivity index (χ4v) is 5.01. The van der Waals surface area contributed by atoms with Crippen LogP contribution in [0.2, 0.25) is 0 Å². The molecule has 1 saturated heterocycles. The number of anilines is 1. The molecule has 2 aromatic heterocycles. The molecular formula is C28H26N4O4S. The number of carbonyl (C=O) groups excluding carboxylic acids is 1. The number of benzene rings is 2. The lowest BCUT2D eigenvalue weighted by atomic mass is 10.0. The van der Waals surface area contributed by atoms with Crippen LogP contribution in [0.1, 0.15) is 33.8 Å². The Morgan fingerprint density at radius 3 is 2.57 bits per heavy atom. The van der Waals surface area contributed by atoms with E-state index in [0.29, 0.717) is 22.2 Å². The van der Waals surface area contributed by atoms with Crippen LogP contribution in [0.15, 0.2) is 85.2 Å². The van der Waals surface area contributed by atoms with Gasteiger partial charge in [0, 0.05) is 29.8 Å². The van der Waals surface area contributed by atoms with Gasteiger partial charge in [0.2, 0.25) is 0 Å². The van der Waals surface area contributed by atoms with Crippen LogP contribution in [-0.4, -0.2) is 42.0 Å². The van der Waals surface area contributed by atoms with E-state index in [2.05, 4.69) is 10.3 Å². The highest BCUT2D eigenvalue weighted by molar-refractivity contribution is 7.80. The topological polar surface area (TPSA) is 77.9 Å². The van der Waals surface area contributed by atoms with E-state index in [1.165, 1.54) is 7.11 Å². The van der Waals surface area contributed by atoms with Crippen molar-refractivity contribution < 1.29 is 19.0 Å². The van der Waals surface area contributed by atoms with Gasteiger partial charge in [-0.3, -0.25) is 4.98 Å². The van der Waals surface area contributed by atoms with E-state index in [4.69, 9.17) is 26.4 Å². The van der Waals surface area contributed by atoms with Gasteiger partial charge in [-0.25, -0.2) is 4.79 Å². The van der Waals surface area contributed by atoms with Gasteiger partial charge in [0.1, 0.15) is 17.5 Å². The summed E-state index contributed by atoms with van der Waals surface area (Å²) in [5, 5.41) is 4.01. The average molecular weight is 515 g/mol. The maximum absolute atomic E-state index is 12.2. The van der Waals surface area contributed by atoms with E-state index in [-0.39, 0.29) is 12.1 Å². The number of methoxy groups -OCH3 is 3. The lowest BCUT2D eigenvalue weighted by Crippen LogP contribution is -2.30. The molecule has 1 fully saturated rings. The molecule has 1 aliphatic heterocycles. The summed E-state index contributed by atoms with van der Waals surface area (Å²) in [6.07, 6.45) is 3.73. The first-order valence-electron chi connectivity index (χ1n) is 11.6. The number of aromatic nitrogens is 2. The quantitative estimate of drug-likeness (QED) is 0.277. The summed E-state index contributed by atoms with van der Waals surface area (Å²) in [4.78, 5) is 18.9. The zero-order chi connectivity index (χ0) is 25.9. The minimum Gasteiger partial charge on any atom is -0.497 e. The SMILES string of the molecule is COC(=O)c1cccc(-n2cccc2[C@H]2[C@H](c3ccccn3)NC(=S)N2c2cc(OC)ccc2OC)c1.